The minimum absolute atomic E-state index is 0.217. The number of halogens is 1. The molecule has 2 heteroatoms. The monoisotopic (exact) mass is 284 g/mol. The largest absolute Gasteiger partial charge is 0.387 e. The molecular weight excluding hydrogens is 263 g/mol. The summed E-state index contributed by atoms with van der Waals surface area (Å²) in [6, 6.07) is 15.2. The molecule has 1 saturated carbocycles. The second-order valence-electron chi connectivity index (χ2n) is 6.14. The summed E-state index contributed by atoms with van der Waals surface area (Å²) in [7, 11) is 0. The molecule has 3 rings (SSSR count). The first-order valence-electron chi connectivity index (χ1n) is 7.63. The zero-order valence-corrected chi connectivity index (χ0v) is 12.3. The van der Waals surface area contributed by atoms with Crippen molar-refractivity contribution in [2.75, 3.05) is 0 Å². The Labute approximate surface area is 125 Å². The van der Waals surface area contributed by atoms with Gasteiger partial charge < -0.3 is 5.11 Å². The number of hydrogen-bond acceptors (Lipinski definition) is 1. The highest BCUT2D eigenvalue weighted by molar-refractivity contribution is 5.35. The lowest BCUT2D eigenvalue weighted by molar-refractivity contribution is 0.0821. The van der Waals surface area contributed by atoms with Crippen LogP contribution in [0.5, 0.6) is 0 Å². The molecule has 2 aromatic rings. The van der Waals surface area contributed by atoms with E-state index in [1.807, 2.05) is 18.2 Å². The average molecular weight is 284 g/mol. The summed E-state index contributed by atoms with van der Waals surface area (Å²) >= 11 is 0. The van der Waals surface area contributed by atoms with E-state index in [-0.39, 0.29) is 11.2 Å². The van der Waals surface area contributed by atoms with Crippen molar-refractivity contribution in [2.24, 2.45) is 0 Å². The van der Waals surface area contributed by atoms with Crippen molar-refractivity contribution in [3.8, 4) is 0 Å². The Bertz CT molecular complexity index is 615. The lowest BCUT2D eigenvalue weighted by Crippen LogP contribution is -2.30. The van der Waals surface area contributed by atoms with Crippen LogP contribution in [0, 0.1) is 12.7 Å². The third-order valence-corrected chi connectivity index (χ3v) is 4.87. The van der Waals surface area contributed by atoms with E-state index in [2.05, 4.69) is 12.1 Å². The van der Waals surface area contributed by atoms with Gasteiger partial charge in [0.25, 0.3) is 0 Å². The molecule has 0 amide bonds. The fraction of sp³-hybridized carbons (Fsp3) is 0.368. The molecule has 0 spiro atoms. The Hall–Kier alpha value is -1.67. The summed E-state index contributed by atoms with van der Waals surface area (Å²) in [5, 5.41) is 11.0. The van der Waals surface area contributed by atoms with Crippen LogP contribution in [0.3, 0.4) is 0 Å². The third-order valence-electron chi connectivity index (χ3n) is 4.87. The van der Waals surface area contributed by atoms with Crippen molar-refractivity contribution in [3.05, 3.63) is 71.0 Å². The molecule has 0 aliphatic heterocycles. The van der Waals surface area contributed by atoms with Crippen LogP contribution in [0.15, 0.2) is 48.5 Å². The molecular formula is C19H21FO. The highest BCUT2D eigenvalue weighted by Gasteiger charge is 2.42. The molecule has 0 radical (unpaired) electrons. The SMILES string of the molecule is Cc1cc(C(O)C2(c3ccccc3)CCCC2)ccc1F. The van der Waals surface area contributed by atoms with Gasteiger partial charge in [0.1, 0.15) is 5.82 Å². The number of hydrogen-bond donors (Lipinski definition) is 1. The number of aryl methyl sites for hydroxylation is 1. The number of rotatable bonds is 3. The second-order valence-corrected chi connectivity index (χ2v) is 6.14. The normalized spacial score (nSPS) is 18.6. The molecule has 1 N–H and O–H groups in total. The second kappa shape index (κ2) is 5.61. The summed E-state index contributed by atoms with van der Waals surface area (Å²) in [6.45, 7) is 1.75. The summed E-state index contributed by atoms with van der Waals surface area (Å²) < 4.78 is 13.5. The van der Waals surface area contributed by atoms with Crippen molar-refractivity contribution in [2.45, 2.75) is 44.1 Å². The fourth-order valence-electron chi connectivity index (χ4n) is 3.65. The first-order chi connectivity index (χ1) is 10.1. The highest BCUT2D eigenvalue weighted by Crippen LogP contribution is 2.49. The molecule has 0 aromatic heterocycles. The molecule has 110 valence electrons. The van der Waals surface area contributed by atoms with Crippen molar-refractivity contribution >= 4 is 0 Å². The van der Waals surface area contributed by atoms with Gasteiger partial charge in [-0.15, -0.1) is 0 Å². The van der Waals surface area contributed by atoms with Crippen molar-refractivity contribution < 1.29 is 9.50 Å². The first-order valence-corrected chi connectivity index (χ1v) is 7.63. The maximum atomic E-state index is 13.5. The van der Waals surface area contributed by atoms with E-state index >= 15 is 0 Å². The zero-order chi connectivity index (χ0) is 14.9. The lowest BCUT2D eigenvalue weighted by atomic mass is 9.72. The molecule has 1 nitrogen and oxygen atoms in total. The van der Waals surface area contributed by atoms with E-state index in [4.69, 9.17) is 0 Å². The van der Waals surface area contributed by atoms with E-state index < -0.39 is 6.10 Å². The van der Waals surface area contributed by atoms with Gasteiger partial charge in [0.05, 0.1) is 6.10 Å². The standard InChI is InChI=1S/C19H21FO/c1-14-13-15(9-10-17(14)20)18(21)19(11-5-6-12-19)16-7-3-2-4-8-16/h2-4,7-10,13,18,21H,5-6,11-12H2,1H3. The van der Waals surface area contributed by atoms with Crippen molar-refractivity contribution in [3.63, 3.8) is 0 Å². The third kappa shape index (κ3) is 2.49. The average Bonchev–Trinajstić information content (AvgIpc) is 3.01. The minimum atomic E-state index is -0.582. The maximum absolute atomic E-state index is 13.5. The first kappa shape index (κ1) is 14.3. The fourth-order valence-corrected chi connectivity index (χ4v) is 3.65. The minimum Gasteiger partial charge on any atom is -0.387 e. The van der Waals surface area contributed by atoms with Gasteiger partial charge in [0, 0.05) is 5.41 Å². The Morgan fingerprint density at radius 1 is 1.05 bits per heavy atom. The van der Waals surface area contributed by atoms with E-state index in [1.165, 1.54) is 11.6 Å². The van der Waals surface area contributed by atoms with E-state index in [0.29, 0.717) is 5.56 Å². The molecule has 0 saturated heterocycles. The van der Waals surface area contributed by atoms with Crippen LogP contribution < -0.4 is 0 Å². The summed E-state index contributed by atoms with van der Waals surface area (Å²) in [4.78, 5) is 0. The molecule has 1 fully saturated rings. The quantitative estimate of drug-likeness (QED) is 0.867. The smallest absolute Gasteiger partial charge is 0.126 e. The molecule has 21 heavy (non-hydrogen) atoms. The molecule has 2 aromatic carbocycles. The Morgan fingerprint density at radius 2 is 1.71 bits per heavy atom. The summed E-state index contributed by atoms with van der Waals surface area (Å²) in [5.41, 5.74) is 2.37. The molecule has 1 atom stereocenters. The van der Waals surface area contributed by atoms with Gasteiger partial charge >= 0.3 is 0 Å². The van der Waals surface area contributed by atoms with Crippen LogP contribution in [-0.4, -0.2) is 5.11 Å². The van der Waals surface area contributed by atoms with E-state index in [9.17, 15) is 9.50 Å². The van der Waals surface area contributed by atoms with Gasteiger partial charge in [0.2, 0.25) is 0 Å². The summed E-state index contributed by atoms with van der Waals surface area (Å²) in [5.74, 6) is -0.217. The Kier molecular flexibility index (Phi) is 3.81. The van der Waals surface area contributed by atoms with E-state index in [0.717, 1.165) is 31.2 Å². The molecule has 1 aliphatic rings. The van der Waals surface area contributed by atoms with Crippen LogP contribution in [0.4, 0.5) is 4.39 Å². The van der Waals surface area contributed by atoms with Gasteiger partial charge in [-0.3, -0.25) is 0 Å². The number of benzene rings is 2. The predicted octanol–water partition coefficient (Wildman–Crippen LogP) is 4.68. The van der Waals surface area contributed by atoms with Gasteiger partial charge in [-0.25, -0.2) is 4.39 Å². The van der Waals surface area contributed by atoms with Crippen LogP contribution >= 0.6 is 0 Å². The summed E-state index contributed by atoms with van der Waals surface area (Å²) in [6.07, 6.45) is 3.64. The van der Waals surface area contributed by atoms with E-state index in [1.54, 1.807) is 19.1 Å². The zero-order valence-electron chi connectivity index (χ0n) is 12.3. The van der Waals surface area contributed by atoms with Gasteiger partial charge in [-0.05, 0) is 42.5 Å². The molecule has 1 unspecified atom stereocenters. The van der Waals surface area contributed by atoms with Crippen molar-refractivity contribution in [1.82, 2.24) is 0 Å². The maximum Gasteiger partial charge on any atom is 0.126 e. The van der Waals surface area contributed by atoms with Crippen LogP contribution in [-0.2, 0) is 5.41 Å². The highest BCUT2D eigenvalue weighted by atomic mass is 19.1. The van der Waals surface area contributed by atoms with Crippen LogP contribution in [0.2, 0.25) is 0 Å². The van der Waals surface area contributed by atoms with Gasteiger partial charge in [-0.1, -0.05) is 55.3 Å². The Balaban J connectivity index is 2.03. The molecule has 1 aliphatic carbocycles. The van der Waals surface area contributed by atoms with Crippen molar-refractivity contribution in [1.29, 1.82) is 0 Å². The van der Waals surface area contributed by atoms with Gasteiger partial charge in [-0.2, -0.15) is 0 Å². The molecule has 0 heterocycles. The van der Waals surface area contributed by atoms with Crippen LogP contribution in [0.25, 0.3) is 0 Å². The Morgan fingerprint density at radius 3 is 2.33 bits per heavy atom. The lowest BCUT2D eigenvalue weighted by Gasteiger charge is -2.35. The van der Waals surface area contributed by atoms with Crippen LogP contribution in [0.1, 0.15) is 48.5 Å². The van der Waals surface area contributed by atoms with Gasteiger partial charge in [0.15, 0.2) is 0 Å². The molecule has 0 bridgehead atoms. The topological polar surface area (TPSA) is 20.2 Å². The number of aliphatic hydroxyl groups excluding tert-OH is 1. The number of aliphatic hydroxyl groups is 1. The predicted molar refractivity (Wildman–Crippen MR) is 82.7 cm³/mol.